The third kappa shape index (κ3) is 15.9. The van der Waals surface area contributed by atoms with Crippen LogP contribution in [0.1, 0.15) is 82.7 Å². The normalized spacial score (nSPS) is 12.4. The maximum atomic E-state index is 11.9. The van der Waals surface area contributed by atoms with Crippen LogP contribution in [0, 0.1) is 5.41 Å². The van der Waals surface area contributed by atoms with Gasteiger partial charge in [-0.25, -0.2) is 0 Å². The van der Waals surface area contributed by atoms with Gasteiger partial charge in [0.2, 0.25) is 5.91 Å². The number of guanidine groups is 1. The average Bonchev–Trinajstić information content (AvgIpc) is 2.53. The van der Waals surface area contributed by atoms with Gasteiger partial charge in [0.05, 0.1) is 6.10 Å². The number of carbonyl (C=O) groups excluding carboxylic acids is 2. The first-order chi connectivity index (χ1) is 12.6. The van der Waals surface area contributed by atoms with Crippen LogP contribution in [0.5, 0.6) is 0 Å². The Morgan fingerprint density at radius 3 is 2.20 bits per heavy atom. The van der Waals surface area contributed by atoms with Crippen molar-refractivity contribution in [1.29, 1.82) is 5.41 Å². The van der Waals surface area contributed by atoms with Gasteiger partial charge in [-0.15, -0.1) is 12.4 Å². The van der Waals surface area contributed by atoms with E-state index in [0.29, 0.717) is 11.3 Å². The van der Waals surface area contributed by atoms with Gasteiger partial charge < -0.3 is 9.64 Å². The van der Waals surface area contributed by atoms with Crippen LogP contribution in [0.15, 0.2) is 0 Å². The number of ether oxygens (including phenoxy) is 1. The van der Waals surface area contributed by atoms with E-state index in [4.69, 9.17) is 14.3 Å². The number of esters is 1. The van der Waals surface area contributed by atoms with Crippen LogP contribution in [-0.2, 0) is 14.3 Å². The molecule has 7 heteroatoms. The number of halogens is 1. The Balaban J connectivity index is 0. The monoisotopic (exact) mass is 380 g/mol. The molecule has 0 heterocycles. The molecule has 0 radical (unpaired) electrons. The minimum atomic E-state index is -2.72. The second-order valence-electron chi connectivity index (χ2n) is 6.25. The van der Waals surface area contributed by atoms with Crippen molar-refractivity contribution in [1.82, 2.24) is 10.2 Å². The Morgan fingerprint density at radius 1 is 1.12 bits per heavy atom. The highest BCUT2D eigenvalue weighted by Gasteiger charge is 2.14. The standard InChI is InChI=1S/C18H35N3O3.ClH/c1-5-6-7-8-9-10-11-12-13-16(22)20-18(19)21(4)14-17(23)24-15(2)3;/h15H,5-14H2,1-4H3,(H2,19,20,22);1H/i4D3;. The molecule has 0 bridgehead atoms. The zero-order valence-corrected chi connectivity index (χ0v) is 16.5. The molecule has 0 aromatic carbocycles. The molecule has 0 aliphatic rings. The number of carbonyl (C=O) groups is 2. The van der Waals surface area contributed by atoms with Gasteiger partial charge in [-0.1, -0.05) is 51.9 Å². The number of hydrogen-bond acceptors (Lipinski definition) is 4. The predicted molar refractivity (Wildman–Crippen MR) is 104 cm³/mol. The Hall–Kier alpha value is -1.30. The quantitative estimate of drug-likeness (QED) is 0.233. The van der Waals surface area contributed by atoms with Crippen molar-refractivity contribution in [3.05, 3.63) is 0 Å². The number of likely N-dealkylation sites (N-methyl/N-ethyl adjacent to an activating group) is 1. The molecule has 0 rings (SSSR count). The Kier molecular flexibility index (Phi) is 13.0. The van der Waals surface area contributed by atoms with E-state index >= 15 is 0 Å². The van der Waals surface area contributed by atoms with E-state index < -0.39 is 31.4 Å². The molecule has 0 unspecified atom stereocenters. The molecule has 0 spiro atoms. The van der Waals surface area contributed by atoms with Crippen LogP contribution in [0.3, 0.4) is 0 Å². The van der Waals surface area contributed by atoms with Crippen LogP contribution in [0.2, 0.25) is 0 Å². The van der Waals surface area contributed by atoms with E-state index in [1.807, 2.05) is 0 Å². The molecule has 0 atom stereocenters. The number of nitrogens with zero attached hydrogens (tertiary/aromatic N) is 1. The highest BCUT2D eigenvalue weighted by atomic mass is 35.5. The van der Waals surface area contributed by atoms with Crippen molar-refractivity contribution in [2.45, 2.75) is 84.7 Å². The molecule has 148 valence electrons. The summed E-state index contributed by atoms with van der Waals surface area (Å²) in [6, 6.07) is 0. The van der Waals surface area contributed by atoms with Crippen LogP contribution in [-0.4, -0.2) is 42.4 Å². The summed E-state index contributed by atoms with van der Waals surface area (Å²) in [5, 5.41) is 10.1. The zero-order valence-electron chi connectivity index (χ0n) is 18.7. The topological polar surface area (TPSA) is 82.5 Å². The fourth-order valence-corrected chi connectivity index (χ4v) is 2.19. The Labute approximate surface area is 163 Å². The SMILES string of the molecule is Cl.[2H]C([2H])([2H])N(CC(=O)OC(C)C)C(=N)NC(=O)CCCCCCCCCC. The fraction of sp³-hybridized carbons (Fsp3) is 0.833. The van der Waals surface area contributed by atoms with E-state index in [1.54, 1.807) is 13.8 Å². The molecule has 6 nitrogen and oxygen atoms in total. The second-order valence-corrected chi connectivity index (χ2v) is 6.25. The lowest BCUT2D eigenvalue weighted by Crippen LogP contribution is -2.44. The highest BCUT2D eigenvalue weighted by molar-refractivity contribution is 5.96. The summed E-state index contributed by atoms with van der Waals surface area (Å²) in [7, 11) is 0. The molecular formula is C18H36ClN3O3. The van der Waals surface area contributed by atoms with E-state index in [-0.39, 0.29) is 24.9 Å². The van der Waals surface area contributed by atoms with E-state index in [2.05, 4.69) is 12.2 Å². The first-order valence-electron chi connectivity index (χ1n) is 10.4. The molecular weight excluding hydrogens is 342 g/mol. The number of unbranched alkanes of at least 4 members (excludes halogenated alkanes) is 7. The van der Waals surface area contributed by atoms with Crippen molar-refractivity contribution >= 4 is 30.2 Å². The van der Waals surface area contributed by atoms with E-state index in [1.165, 1.54) is 25.7 Å². The minimum Gasteiger partial charge on any atom is -0.462 e. The van der Waals surface area contributed by atoms with Gasteiger partial charge in [0.25, 0.3) is 0 Å². The summed E-state index contributed by atoms with van der Waals surface area (Å²) in [5.74, 6) is -1.79. The van der Waals surface area contributed by atoms with Gasteiger partial charge in [-0.05, 0) is 20.3 Å². The van der Waals surface area contributed by atoms with Crippen molar-refractivity contribution in [3.8, 4) is 0 Å². The third-order valence-corrected chi connectivity index (χ3v) is 3.44. The van der Waals surface area contributed by atoms with Crippen molar-refractivity contribution in [2.24, 2.45) is 0 Å². The first kappa shape index (κ1) is 20.0. The number of hydrogen-bond donors (Lipinski definition) is 2. The summed E-state index contributed by atoms with van der Waals surface area (Å²) in [4.78, 5) is 24.2. The fourth-order valence-electron chi connectivity index (χ4n) is 2.19. The lowest BCUT2D eigenvalue weighted by atomic mass is 10.1. The largest absolute Gasteiger partial charge is 0.462 e. The van der Waals surface area contributed by atoms with Crippen LogP contribution in [0.4, 0.5) is 0 Å². The Bertz CT molecular complexity index is 475. The smallest absolute Gasteiger partial charge is 0.325 e. The summed E-state index contributed by atoms with van der Waals surface area (Å²) >= 11 is 0. The van der Waals surface area contributed by atoms with Gasteiger partial charge in [0.1, 0.15) is 6.54 Å². The molecule has 0 aliphatic heterocycles. The summed E-state index contributed by atoms with van der Waals surface area (Å²) < 4.78 is 27.3. The van der Waals surface area contributed by atoms with Gasteiger partial charge in [0, 0.05) is 17.5 Å². The molecule has 0 aromatic heterocycles. The van der Waals surface area contributed by atoms with Gasteiger partial charge in [-0.2, -0.15) is 0 Å². The molecule has 0 aliphatic carbocycles. The Morgan fingerprint density at radius 2 is 1.68 bits per heavy atom. The first-order valence-corrected chi connectivity index (χ1v) is 8.93. The molecule has 25 heavy (non-hydrogen) atoms. The van der Waals surface area contributed by atoms with Gasteiger partial charge in [0.15, 0.2) is 5.96 Å². The predicted octanol–water partition coefficient (Wildman–Crippen LogP) is 3.87. The van der Waals surface area contributed by atoms with E-state index in [9.17, 15) is 9.59 Å². The van der Waals surface area contributed by atoms with Crippen molar-refractivity contribution in [3.63, 3.8) is 0 Å². The molecule has 0 saturated carbocycles. The van der Waals surface area contributed by atoms with Gasteiger partial charge >= 0.3 is 5.97 Å². The summed E-state index contributed by atoms with van der Waals surface area (Å²) in [6.07, 6.45) is 8.61. The van der Waals surface area contributed by atoms with Gasteiger partial charge in [-0.3, -0.25) is 20.3 Å². The van der Waals surface area contributed by atoms with Crippen LogP contribution in [0.25, 0.3) is 0 Å². The van der Waals surface area contributed by atoms with Crippen molar-refractivity contribution in [2.75, 3.05) is 13.5 Å². The summed E-state index contributed by atoms with van der Waals surface area (Å²) in [5.41, 5.74) is 0. The highest BCUT2D eigenvalue weighted by Crippen LogP contribution is 2.09. The third-order valence-electron chi connectivity index (χ3n) is 3.44. The molecule has 0 fully saturated rings. The lowest BCUT2D eigenvalue weighted by molar-refractivity contribution is -0.147. The molecule has 0 aromatic rings. The zero-order chi connectivity index (χ0) is 20.9. The maximum Gasteiger partial charge on any atom is 0.325 e. The maximum absolute atomic E-state index is 11.9. The number of rotatable bonds is 12. The molecule has 2 N–H and O–H groups in total. The second kappa shape index (κ2) is 16.2. The minimum absolute atomic E-state index is 0. The lowest BCUT2D eigenvalue weighted by Gasteiger charge is -2.20. The average molecular weight is 381 g/mol. The number of nitrogens with one attached hydrogen (secondary N) is 2. The van der Waals surface area contributed by atoms with Crippen LogP contribution >= 0.6 is 12.4 Å². The molecule has 1 amide bonds. The molecule has 0 saturated heterocycles. The van der Waals surface area contributed by atoms with E-state index in [0.717, 1.165) is 19.3 Å². The number of amides is 1. The summed E-state index contributed by atoms with van der Waals surface area (Å²) in [6.45, 7) is 2.13. The van der Waals surface area contributed by atoms with Crippen LogP contribution < -0.4 is 5.32 Å². The van der Waals surface area contributed by atoms with Crippen molar-refractivity contribution < 1.29 is 18.4 Å².